The molecule has 102 valence electrons. The second-order valence-corrected chi connectivity index (χ2v) is 5.39. The molecule has 5 heteroatoms. The van der Waals surface area contributed by atoms with Crippen LogP contribution in [0, 0.1) is 6.92 Å². The molecule has 0 atom stereocenters. The van der Waals surface area contributed by atoms with Gasteiger partial charge in [-0.2, -0.15) is 0 Å². The van der Waals surface area contributed by atoms with E-state index in [-0.39, 0.29) is 5.91 Å². The predicted octanol–water partition coefficient (Wildman–Crippen LogP) is 1.60. The maximum absolute atomic E-state index is 11.9. The van der Waals surface area contributed by atoms with E-state index in [2.05, 4.69) is 9.97 Å². The number of aryl methyl sites for hydroxylation is 1. The van der Waals surface area contributed by atoms with Crippen LogP contribution in [0.1, 0.15) is 25.2 Å². The van der Waals surface area contributed by atoms with E-state index in [4.69, 9.17) is 0 Å². The molecule has 0 spiro atoms. The summed E-state index contributed by atoms with van der Waals surface area (Å²) in [6.07, 6.45) is 0. The summed E-state index contributed by atoms with van der Waals surface area (Å²) in [5.74, 6) is 0.571. The van der Waals surface area contributed by atoms with Crippen molar-refractivity contribution in [1.29, 1.82) is 0 Å². The molecule has 0 bridgehead atoms. The van der Waals surface area contributed by atoms with Crippen LogP contribution in [0.15, 0.2) is 18.2 Å². The lowest BCUT2D eigenvalue weighted by Crippen LogP contribution is -2.42. The Morgan fingerprint density at radius 1 is 1.47 bits per heavy atom. The molecule has 2 aromatic rings. The van der Waals surface area contributed by atoms with Gasteiger partial charge in [0.05, 0.1) is 11.0 Å². The Labute approximate surface area is 112 Å². The van der Waals surface area contributed by atoms with Gasteiger partial charge in [-0.3, -0.25) is 4.79 Å². The van der Waals surface area contributed by atoms with Gasteiger partial charge < -0.3 is 15.0 Å². The number of aliphatic hydroxyl groups is 1. The van der Waals surface area contributed by atoms with Crippen molar-refractivity contribution < 1.29 is 9.90 Å². The standard InChI is InChI=1S/C14H19N3O2/c1-9-15-11-6-5-10(7-12(11)16-9)8-17(4)13(18)14(2,3)19/h5-7,19H,8H2,1-4H3,(H,15,16). The fraction of sp³-hybridized carbons (Fsp3) is 0.429. The van der Waals surface area contributed by atoms with Gasteiger partial charge in [-0.1, -0.05) is 6.07 Å². The van der Waals surface area contributed by atoms with Gasteiger partial charge in [-0.25, -0.2) is 4.98 Å². The molecule has 0 radical (unpaired) electrons. The number of rotatable bonds is 3. The number of imidazole rings is 1. The second-order valence-electron chi connectivity index (χ2n) is 5.39. The molecular weight excluding hydrogens is 242 g/mol. The molecule has 1 aromatic carbocycles. The largest absolute Gasteiger partial charge is 0.381 e. The van der Waals surface area contributed by atoms with Gasteiger partial charge in [-0.05, 0) is 38.5 Å². The number of H-pyrrole nitrogens is 1. The average molecular weight is 261 g/mol. The molecule has 0 aliphatic rings. The van der Waals surface area contributed by atoms with Crippen LogP contribution in [0.2, 0.25) is 0 Å². The molecule has 5 nitrogen and oxygen atoms in total. The third kappa shape index (κ3) is 2.93. The lowest BCUT2D eigenvalue weighted by atomic mass is 10.1. The number of carbonyl (C=O) groups is 1. The summed E-state index contributed by atoms with van der Waals surface area (Å²) < 4.78 is 0. The number of hydrogen-bond donors (Lipinski definition) is 2. The van der Waals surface area contributed by atoms with Crippen molar-refractivity contribution in [2.75, 3.05) is 7.05 Å². The molecule has 0 saturated heterocycles. The Balaban J connectivity index is 2.19. The highest BCUT2D eigenvalue weighted by Crippen LogP contribution is 2.16. The number of likely N-dealkylation sites (N-methyl/N-ethyl adjacent to an activating group) is 1. The summed E-state index contributed by atoms with van der Waals surface area (Å²) in [7, 11) is 1.68. The fourth-order valence-corrected chi connectivity index (χ4v) is 2.10. The molecule has 0 aliphatic heterocycles. The summed E-state index contributed by atoms with van der Waals surface area (Å²) in [5.41, 5.74) is 1.52. The molecule has 19 heavy (non-hydrogen) atoms. The number of nitrogens with one attached hydrogen (secondary N) is 1. The monoisotopic (exact) mass is 261 g/mol. The van der Waals surface area contributed by atoms with Crippen LogP contribution in [0.5, 0.6) is 0 Å². The summed E-state index contributed by atoms with van der Waals surface area (Å²) in [5, 5.41) is 9.70. The van der Waals surface area contributed by atoms with Crippen LogP contribution < -0.4 is 0 Å². The van der Waals surface area contributed by atoms with Crippen LogP contribution in [-0.4, -0.2) is 38.5 Å². The van der Waals surface area contributed by atoms with E-state index in [1.54, 1.807) is 7.05 Å². The summed E-state index contributed by atoms with van der Waals surface area (Å²) >= 11 is 0. The number of benzene rings is 1. The van der Waals surface area contributed by atoms with Crippen molar-refractivity contribution >= 4 is 16.9 Å². The molecule has 1 amide bonds. The Morgan fingerprint density at radius 3 is 2.79 bits per heavy atom. The molecular formula is C14H19N3O2. The van der Waals surface area contributed by atoms with E-state index in [0.29, 0.717) is 6.54 Å². The average Bonchev–Trinajstić information content (AvgIpc) is 2.66. The van der Waals surface area contributed by atoms with Gasteiger partial charge in [-0.15, -0.1) is 0 Å². The maximum atomic E-state index is 11.9. The zero-order valence-electron chi connectivity index (χ0n) is 11.7. The van der Waals surface area contributed by atoms with Crippen molar-refractivity contribution in [3.63, 3.8) is 0 Å². The van der Waals surface area contributed by atoms with Crippen LogP contribution in [-0.2, 0) is 11.3 Å². The zero-order valence-corrected chi connectivity index (χ0v) is 11.7. The number of hydrogen-bond acceptors (Lipinski definition) is 3. The van der Waals surface area contributed by atoms with Crippen LogP contribution >= 0.6 is 0 Å². The predicted molar refractivity (Wildman–Crippen MR) is 73.6 cm³/mol. The van der Waals surface area contributed by atoms with Gasteiger partial charge in [0.15, 0.2) is 0 Å². The van der Waals surface area contributed by atoms with Crippen LogP contribution in [0.3, 0.4) is 0 Å². The highest BCUT2D eigenvalue weighted by Gasteiger charge is 2.27. The van der Waals surface area contributed by atoms with E-state index in [1.165, 1.54) is 18.7 Å². The highest BCUT2D eigenvalue weighted by atomic mass is 16.3. The smallest absolute Gasteiger partial charge is 0.253 e. The molecule has 0 aliphatic carbocycles. The van der Waals surface area contributed by atoms with Crippen molar-refractivity contribution in [3.8, 4) is 0 Å². The maximum Gasteiger partial charge on any atom is 0.253 e. The SMILES string of the molecule is Cc1nc2ccc(CN(C)C(=O)C(C)(C)O)cc2[nH]1. The Hall–Kier alpha value is -1.88. The first-order chi connectivity index (χ1) is 8.77. The van der Waals surface area contributed by atoms with Crippen molar-refractivity contribution in [2.24, 2.45) is 0 Å². The first-order valence-corrected chi connectivity index (χ1v) is 6.20. The zero-order chi connectivity index (χ0) is 14.2. The van der Waals surface area contributed by atoms with E-state index >= 15 is 0 Å². The topological polar surface area (TPSA) is 69.2 Å². The van der Waals surface area contributed by atoms with Gasteiger partial charge in [0.1, 0.15) is 11.4 Å². The normalized spacial score (nSPS) is 11.8. The molecule has 0 saturated carbocycles. The number of nitrogens with zero attached hydrogens (tertiary/aromatic N) is 2. The van der Waals surface area contributed by atoms with Crippen LogP contribution in [0.25, 0.3) is 11.0 Å². The van der Waals surface area contributed by atoms with Crippen molar-refractivity contribution in [2.45, 2.75) is 32.9 Å². The summed E-state index contributed by atoms with van der Waals surface area (Å²) in [6.45, 7) is 5.35. The van der Waals surface area contributed by atoms with Crippen LogP contribution in [0.4, 0.5) is 0 Å². The summed E-state index contributed by atoms with van der Waals surface area (Å²) in [4.78, 5) is 20.9. The Kier molecular flexibility index (Phi) is 3.32. The molecule has 1 aromatic heterocycles. The van der Waals surface area contributed by atoms with Crippen molar-refractivity contribution in [1.82, 2.24) is 14.9 Å². The Morgan fingerprint density at radius 2 is 2.16 bits per heavy atom. The molecule has 2 N–H and O–H groups in total. The number of aromatic nitrogens is 2. The summed E-state index contributed by atoms with van der Waals surface area (Å²) in [6, 6.07) is 5.84. The minimum atomic E-state index is -1.34. The lowest BCUT2D eigenvalue weighted by Gasteiger charge is -2.25. The van der Waals surface area contributed by atoms with E-state index in [9.17, 15) is 9.90 Å². The number of fused-ring (bicyclic) bond motifs is 1. The highest BCUT2D eigenvalue weighted by molar-refractivity contribution is 5.84. The van der Waals surface area contributed by atoms with E-state index in [0.717, 1.165) is 22.4 Å². The molecule has 0 fully saturated rings. The van der Waals surface area contributed by atoms with Gasteiger partial charge in [0.2, 0.25) is 0 Å². The quantitative estimate of drug-likeness (QED) is 0.881. The third-order valence-electron chi connectivity index (χ3n) is 2.95. The third-order valence-corrected chi connectivity index (χ3v) is 2.95. The van der Waals surface area contributed by atoms with Gasteiger partial charge in [0.25, 0.3) is 5.91 Å². The molecule has 1 heterocycles. The molecule has 2 rings (SSSR count). The second kappa shape index (κ2) is 4.66. The minimum absolute atomic E-state index is 0.298. The molecule has 0 unspecified atom stereocenters. The van der Waals surface area contributed by atoms with Gasteiger partial charge in [0, 0.05) is 13.6 Å². The lowest BCUT2D eigenvalue weighted by molar-refractivity contribution is -0.146. The number of aromatic amines is 1. The number of amides is 1. The number of carbonyl (C=O) groups excluding carboxylic acids is 1. The van der Waals surface area contributed by atoms with Gasteiger partial charge >= 0.3 is 0 Å². The minimum Gasteiger partial charge on any atom is -0.381 e. The van der Waals surface area contributed by atoms with Crippen molar-refractivity contribution in [3.05, 3.63) is 29.6 Å². The Bertz CT molecular complexity index is 611. The van der Waals surface area contributed by atoms with E-state index in [1.807, 2.05) is 25.1 Å². The first kappa shape index (κ1) is 13.5. The fourth-order valence-electron chi connectivity index (χ4n) is 2.10. The first-order valence-electron chi connectivity index (χ1n) is 6.20. The van der Waals surface area contributed by atoms with E-state index < -0.39 is 5.60 Å².